The average molecular weight is 293 g/mol. The molecule has 2 unspecified atom stereocenters. The lowest BCUT2D eigenvalue weighted by Gasteiger charge is -2.39. The number of rotatable bonds is 6. The Hall–Kier alpha value is -1.30. The molecule has 3 N–H and O–H groups in total. The predicted octanol–water partition coefficient (Wildman–Crippen LogP) is 1.03. The molecule has 0 amide bonds. The maximum atomic E-state index is 10.1. The summed E-state index contributed by atoms with van der Waals surface area (Å²) in [6.45, 7) is 9.56. The van der Waals surface area contributed by atoms with Crippen LogP contribution in [-0.4, -0.2) is 66.4 Å². The van der Waals surface area contributed by atoms with Crippen LogP contribution in [0, 0.1) is 0 Å². The molecule has 118 valence electrons. The zero-order valence-electron chi connectivity index (χ0n) is 13.0. The van der Waals surface area contributed by atoms with Crippen LogP contribution in [0.2, 0.25) is 0 Å². The van der Waals surface area contributed by atoms with Crippen LogP contribution >= 0.6 is 0 Å². The number of β-amino-alcohol motifs (C(OH)–C–C–N with tert-alkyl or cyclic N) is 1. The van der Waals surface area contributed by atoms with E-state index in [2.05, 4.69) is 23.6 Å². The van der Waals surface area contributed by atoms with Gasteiger partial charge in [-0.1, -0.05) is 13.0 Å². The van der Waals surface area contributed by atoms with Crippen molar-refractivity contribution in [1.82, 2.24) is 9.80 Å². The summed E-state index contributed by atoms with van der Waals surface area (Å²) in [7, 11) is 0. The van der Waals surface area contributed by atoms with Crippen molar-refractivity contribution in [2.75, 3.05) is 45.1 Å². The van der Waals surface area contributed by atoms with Crippen molar-refractivity contribution >= 4 is 5.69 Å². The number of ether oxygens (including phenoxy) is 1. The Bertz CT molecular complexity index is 441. The van der Waals surface area contributed by atoms with Crippen LogP contribution in [0.25, 0.3) is 0 Å². The standard InChI is InChI=1S/C16H27N3O2/c1-3-19-8-7-18(10-13(19)2)11-15(20)12-21-16-6-4-5-14(17)9-16/h4-6,9,13,15,20H,3,7-8,10-12,17H2,1-2H3. The zero-order valence-corrected chi connectivity index (χ0v) is 13.0. The zero-order chi connectivity index (χ0) is 15.2. The van der Waals surface area contributed by atoms with Gasteiger partial charge in [-0.25, -0.2) is 0 Å². The van der Waals surface area contributed by atoms with Crippen LogP contribution in [0.15, 0.2) is 24.3 Å². The number of benzene rings is 1. The Labute approximate surface area is 127 Å². The number of hydrogen-bond donors (Lipinski definition) is 2. The Balaban J connectivity index is 1.73. The summed E-state index contributed by atoms with van der Waals surface area (Å²) in [6.07, 6.45) is -0.480. The van der Waals surface area contributed by atoms with E-state index in [0.717, 1.165) is 26.2 Å². The van der Waals surface area contributed by atoms with Crippen LogP contribution in [0.1, 0.15) is 13.8 Å². The second-order valence-corrected chi connectivity index (χ2v) is 5.77. The maximum Gasteiger partial charge on any atom is 0.121 e. The molecule has 0 aliphatic carbocycles. The van der Waals surface area contributed by atoms with Gasteiger partial charge in [-0.3, -0.25) is 9.80 Å². The number of nitrogens with zero attached hydrogens (tertiary/aromatic N) is 2. The van der Waals surface area contributed by atoms with Crippen molar-refractivity contribution in [3.63, 3.8) is 0 Å². The number of likely N-dealkylation sites (N-methyl/N-ethyl adjacent to an activating group) is 1. The second-order valence-electron chi connectivity index (χ2n) is 5.77. The van der Waals surface area contributed by atoms with Crippen molar-refractivity contribution in [2.45, 2.75) is 26.0 Å². The van der Waals surface area contributed by atoms with Gasteiger partial charge in [-0.15, -0.1) is 0 Å². The van der Waals surface area contributed by atoms with Gasteiger partial charge < -0.3 is 15.6 Å². The normalized spacial score (nSPS) is 22.1. The summed E-state index contributed by atoms with van der Waals surface area (Å²) < 4.78 is 5.59. The molecule has 1 aromatic carbocycles. The molecule has 5 heteroatoms. The first-order valence-electron chi connectivity index (χ1n) is 7.71. The summed E-state index contributed by atoms with van der Waals surface area (Å²) in [5.74, 6) is 0.707. The van der Waals surface area contributed by atoms with Gasteiger partial charge in [0.1, 0.15) is 18.5 Å². The van der Waals surface area contributed by atoms with E-state index in [-0.39, 0.29) is 0 Å². The van der Waals surface area contributed by atoms with E-state index < -0.39 is 6.10 Å². The minimum absolute atomic E-state index is 0.297. The van der Waals surface area contributed by atoms with Gasteiger partial charge in [0, 0.05) is 44.0 Å². The van der Waals surface area contributed by atoms with Crippen molar-refractivity contribution in [3.8, 4) is 5.75 Å². The topological polar surface area (TPSA) is 62.0 Å². The summed E-state index contributed by atoms with van der Waals surface area (Å²) >= 11 is 0. The highest BCUT2D eigenvalue weighted by Gasteiger charge is 2.23. The van der Waals surface area contributed by atoms with E-state index in [1.807, 2.05) is 18.2 Å². The molecule has 0 bridgehead atoms. The number of piperazine rings is 1. The molecule has 5 nitrogen and oxygen atoms in total. The molecule has 1 fully saturated rings. The number of aliphatic hydroxyl groups excluding tert-OH is 1. The van der Waals surface area contributed by atoms with Gasteiger partial charge in [-0.05, 0) is 25.6 Å². The molecule has 1 aliphatic rings. The van der Waals surface area contributed by atoms with Gasteiger partial charge in [0.05, 0.1) is 0 Å². The lowest BCUT2D eigenvalue weighted by atomic mass is 10.2. The Morgan fingerprint density at radius 1 is 1.43 bits per heavy atom. The summed E-state index contributed by atoms with van der Waals surface area (Å²) in [6, 6.07) is 7.84. The third-order valence-corrected chi connectivity index (χ3v) is 4.02. The van der Waals surface area contributed by atoms with Gasteiger partial charge >= 0.3 is 0 Å². The van der Waals surface area contributed by atoms with Crippen LogP contribution in [0.3, 0.4) is 0 Å². The third-order valence-electron chi connectivity index (χ3n) is 4.02. The molecule has 1 heterocycles. The van der Waals surface area contributed by atoms with Crippen LogP contribution < -0.4 is 10.5 Å². The van der Waals surface area contributed by atoms with E-state index in [1.165, 1.54) is 0 Å². The van der Waals surface area contributed by atoms with E-state index in [9.17, 15) is 5.11 Å². The first kappa shape index (κ1) is 16.1. The van der Waals surface area contributed by atoms with Gasteiger partial charge in [-0.2, -0.15) is 0 Å². The second kappa shape index (κ2) is 7.64. The minimum atomic E-state index is -0.480. The minimum Gasteiger partial charge on any atom is -0.491 e. The SMILES string of the molecule is CCN1CCN(CC(O)COc2cccc(N)c2)CC1C. The molecule has 0 radical (unpaired) electrons. The average Bonchev–Trinajstić information content (AvgIpc) is 2.45. The monoisotopic (exact) mass is 293 g/mol. The molecule has 0 saturated carbocycles. The molecule has 2 rings (SSSR count). The van der Waals surface area contributed by atoms with Gasteiger partial charge in [0.15, 0.2) is 0 Å². The Kier molecular flexibility index (Phi) is 5.85. The van der Waals surface area contributed by atoms with Crippen LogP contribution in [0.4, 0.5) is 5.69 Å². The summed E-state index contributed by atoms with van der Waals surface area (Å²) in [5, 5.41) is 10.1. The van der Waals surface area contributed by atoms with Crippen LogP contribution in [0.5, 0.6) is 5.75 Å². The van der Waals surface area contributed by atoms with Gasteiger partial charge in [0.25, 0.3) is 0 Å². The van der Waals surface area contributed by atoms with Crippen molar-refractivity contribution in [1.29, 1.82) is 0 Å². The summed E-state index contributed by atoms with van der Waals surface area (Å²) in [4.78, 5) is 4.77. The number of nitrogens with two attached hydrogens (primary N) is 1. The predicted molar refractivity (Wildman–Crippen MR) is 85.5 cm³/mol. The lowest BCUT2D eigenvalue weighted by molar-refractivity contribution is 0.0298. The number of anilines is 1. The molecule has 2 atom stereocenters. The number of aliphatic hydroxyl groups is 1. The Morgan fingerprint density at radius 2 is 2.24 bits per heavy atom. The fraction of sp³-hybridized carbons (Fsp3) is 0.625. The van der Waals surface area contributed by atoms with E-state index in [0.29, 0.717) is 30.6 Å². The first-order chi connectivity index (χ1) is 10.1. The molecule has 0 spiro atoms. The molecule has 0 aromatic heterocycles. The quantitative estimate of drug-likeness (QED) is 0.767. The third kappa shape index (κ3) is 4.88. The molecular weight excluding hydrogens is 266 g/mol. The van der Waals surface area contributed by atoms with Crippen molar-refractivity contribution < 1.29 is 9.84 Å². The van der Waals surface area contributed by atoms with E-state index >= 15 is 0 Å². The number of hydrogen-bond acceptors (Lipinski definition) is 5. The molecule has 1 saturated heterocycles. The first-order valence-corrected chi connectivity index (χ1v) is 7.71. The lowest BCUT2D eigenvalue weighted by Crippen LogP contribution is -2.53. The highest BCUT2D eigenvalue weighted by atomic mass is 16.5. The van der Waals surface area contributed by atoms with Crippen LogP contribution in [-0.2, 0) is 0 Å². The highest BCUT2D eigenvalue weighted by molar-refractivity contribution is 5.43. The van der Waals surface area contributed by atoms with Crippen molar-refractivity contribution in [3.05, 3.63) is 24.3 Å². The molecule has 1 aromatic rings. The van der Waals surface area contributed by atoms with E-state index in [1.54, 1.807) is 6.07 Å². The fourth-order valence-electron chi connectivity index (χ4n) is 2.85. The maximum absolute atomic E-state index is 10.1. The van der Waals surface area contributed by atoms with E-state index in [4.69, 9.17) is 10.5 Å². The fourth-order valence-corrected chi connectivity index (χ4v) is 2.85. The molecule has 21 heavy (non-hydrogen) atoms. The smallest absolute Gasteiger partial charge is 0.121 e. The summed E-state index contributed by atoms with van der Waals surface area (Å²) in [5.41, 5.74) is 6.37. The molecule has 1 aliphatic heterocycles. The molecular formula is C16H27N3O2. The highest BCUT2D eigenvalue weighted by Crippen LogP contribution is 2.15. The van der Waals surface area contributed by atoms with Gasteiger partial charge in [0.2, 0.25) is 0 Å². The van der Waals surface area contributed by atoms with Crippen molar-refractivity contribution in [2.24, 2.45) is 0 Å². The number of nitrogen functional groups attached to an aromatic ring is 1. The largest absolute Gasteiger partial charge is 0.491 e. The Morgan fingerprint density at radius 3 is 2.90 bits per heavy atom.